The molecule has 1 heterocycles. The van der Waals surface area contributed by atoms with Gasteiger partial charge in [0.1, 0.15) is 12.2 Å². The smallest absolute Gasteiger partial charge is 0.108 e. The van der Waals surface area contributed by atoms with Gasteiger partial charge in [-0.3, -0.25) is 0 Å². The summed E-state index contributed by atoms with van der Waals surface area (Å²) < 4.78 is 4.89. The molecule has 66 valence electrons. The van der Waals surface area contributed by atoms with Gasteiger partial charge in [-0.05, 0) is 0 Å². The van der Waals surface area contributed by atoms with Crippen LogP contribution in [0.15, 0.2) is 0 Å². The molecule has 1 aliphatic rings. The zero-order chi connectivity index (χ0) is 8.43. The number of nitrogens with two attached hydrogens (primary N) is 1. The normalized spacial score (nSPS) is 45.8. The van der Waals surface area contributed by atoms with E-state index in [4.69, 9.17) is 20.7 Å². The molecule has 1 fully saturated rings. The fraction of sp³-hybridized carbons (Fsp3) is 1.00. The maximum absolute atomic E-state index is 9.24. The molecule has 0 bridgehead atoms. The van der Waals surface area contributed by atoms with Crippen LogP contribution in [0.4, 0.5) is 0 Å². The first-order valence-electron chi connectivity index (χ1n) is 3.51. The number of ether oxygens (including phenoxy) is 1. The van der Waals surface area contributed by atoms with E-state index in [-0.39, 0.29) is 13.2 Å². The van der Waals surface area contributed by atoms with E-state index in [1.807, 2.05) is 0 Å². The number of aliphatic hydroxyl groups excluding tert-OH is 3. The molecule has 1 saturated heterocycles. The van der Waals surface area contributed by atoms with Crippen molar-refractivity contribution in [2.75, 3.05) is 13.2 Å². The predicted octanol–water partition coefficient (Wildman–Crippen LogP) is -2.57. The SMILES string of the molecule is N[C@H]1C(O)COC(CO)C1O. The summed E-state index contributed by atoms with van der Waals surface area (Å²) in [6.07, 6.45) is -2.48. The minimum Gasteiger partial charge on any atom is -0.394 e. The Morgan fingerprint density at radius 1 is 1.45 bits per heavy atom. The van der Waals surface area contributed by atoms with Crippen LogP contribution >= 0.6 is 0 Å². The molecule has 5 N–H and O–H groups in total. The Kier molecular flexibility index (Phi) is 2.80. The zero-order valence-corrected chi connectivity index (χ0v) is 6.05. The Labute approximate surface area is 64.4 Å². The summed E-state index contributed by atoms with van der Waals surface area (Å²) in [5.74, 6) is 0. The first kappa shape index (κ1) is 8.89. The second-order valence-electron chi connectivity index (χ2n) is 2.69. The van der Waals surface area contributed by atoms with E-state index in [1.165, 1.54) is 0 Å². The molecule has 3 unspecified atom stereocenters. The molecule has 0 aromatic rings. The van der Waals surface area contributed by atoms with Crippen molar-refractivity contribution in [3.05, 3.63) is 0 Å². The Balaban J connectivity index is 2.52. The van der Waals surface area contributed by atoms with Gasteiger partial charge in [-0.2, -0.15) is 0 Å². The highest BCUT2D eigenvalue weighted by molar-refractivity contribution is 4.89. The van der Waals surface area contributed by atoms with Crippen molar-refractivity contribution in [2.45, 2.75) is 24.4 Å². The lowest BCUT2D eigenvalue weighted by Gasteiger charge is -2.34. The quantitative estimate of drug-likeness (QED) is 0.340. The van der Waals surface area contributed by atoms with Crippen molar-refractivity contribution >= 4 is 0 Å². The van der Waals surface area contributed by atoms with Crippen LogP contribution in [0.25, 0.3) is 0 Å². The third-order valence-corrected chi connectivity index (χ3v) is 1.88. The van der Waals surface area contributed by atoms with Gasteiger partial charge in [-0.25, -0.2) is 0 Å². The van der Waals surface area contributed by atoms with E-state index in [9.17, 15) is 5.11 Å². The largest absolute Gasteiger partial charge is 0.394 e. The Bertz CT molecular complexity index is 130. The molecule has 1 rings (SSSR count). The lowest BCUT2D eigenvalue weighted by molar-refractivity contribution is -0.147. The molecule has 0 spiro atoms. The van der Waals surface area contributed by atoms with Gasteiger partial charge in [0.25, 0.3) is 0 Å². The summed E-state index contributed by atoms with van der Waals surface area (Å²) in [5.41, 5.74) is 5.40. The van der Waals surface area contributed by atoms with Gasteiger partial charge < -0.3 is 25.8 Å². The number of hydrogen-bond acceptors (Lipinski definition) is 5. The van der Waals surface area contributed by atoms with Crippen LogP contribution in [-0.2, 0) is 4.74 Å². The molecule has 5 nitrogen and oxygen atoms in total. The van der Waals surface area contributed by atoms with Crippen LogP contribution in [0.5, 0.6) is 0 Å². The van der Waals surface area contributed by atoms with Crippen LogP contribution in [0, 0.1) is 0 Å². The fourth-order valence-corrected chi connectivity index (χ4v) is 1.07. The van der Waals surface area contributed by atoms with Crippen LogP contribution in [-0.4, -0.2) is 52.9 Å². The molecule has 5 heteroatoms. The standard InChI is InChI=1S/C6H13NO4/c7-5-3(9)2-11-4(1-8)6(5)10/h3-6,8-10H,1-2,7H2/t3?,4?,5-,6?/m0/s1. The molecule has 1 aliphatic heterocycles. The monoisotopic (exact) mass is 163 g/mol. The molecule has 0 aliphatic carbocycles. The van der Waals surface area contributed by atoms with E-state index in [0.717, 1.165) is 0 Å². The summed E-state index contributed by atoms with van der Waals surface area (Å²) in [6, 6.07) is -0.721. The molecule has 0 radical (unpaired) electrons. The van der Waals surface area contributed by atoms with Crippen LogP contribution in [0.3, 0.4) is 0 Å². The van der Waals surface area contributed by atoms with Crippen LogP contribution < -0.4 is 5.73 Å². The van der Waals surface area contributed by atoms with E-state index >= 15 is 0 Å². The second-order valence-corrected chi connectivity index (χ2v) is 2.69. The minimum absolute atomic E-state index is 0.0729. The molecule has 0 aromatic carbocycles. The highest BCUT2D eigenvalue weighted by atomic mass is 16.5. The lowest BCUT2D eigenvalue weighted by atomic mass is 9.99. The second kappa shape index (κ2) is 3.46. The van der Waals surface area contributed by atoms with E-state index in [2.05, 4.69) is 0 Å². The number of rotatable bonds is 1. The molecule has 4 atom stereocenters. The molecule has 0 amide bonds. The highest BCUT2D eigenvalue weighted by Gasteiger charge is 2.35. The highest BCUT2D eigenvalue weighted by Crippen LogP contribution is 2.12. The topological polar surface area (TPSA) is 95.9 Å². The summed E-state index contributed by atoms with van der Waals surface area (Å²) in [7, 11) is 0. The van der Waals surface area contributed by atoms with E-state index < -0.39 is 24.4 Å². The van der Waals surface area contributed by atoms with E-state index in [1.54, 1.807) is 0 Å². The number of hydrogen-bond donors (Lipinski definition) is 4. The van der Waals surface area contributed by atoms with Crippen molar-refractivity contribution in [3.63, 3.8) is 0 Å². The van der Waals surface area contributed by atoms with Gasteiger partial charge in [-0.1, -0.05) is 0 Å². The molecular formula is C6H13NO4. The maximum Gasteiger partial charge on any atom is 0.108 e. The average molecular weight is 163 g/mol. The summed E-state index contributed by atoms with van der Waals surface area (Å²) in [5, 5.41) is 27.0. The molecule has 0 aromatic heterocycles. The number of aliphatic hydroxyl groups is 3. The Hall–Kier alpha value is -0.200. The van der Waals surface area contributed by atoms with Crippen LogP contribution in [0.2, 0.25) is 0 Å². The van der Waals surface area contributed by atoms with Gasteiger partial charge >= 0.3 is 0 Å². The predicted molar refractivity (Wildman–Crippen MR) is 36.8 cm³/mol. The van der Waals surface area contributed by atoms with Crippen LogP contribution in [0.1, 0.15) is 0 Å². The lowest BCUT2D eigenvalue weighted by Crippen LogP contribution is -2.58. The average Bonchev–Trinajstić information content (AvgIpc) is 2.01. The van der Waals surface area contributed by atoms with E-state index in [0.29, 0.717) is 0 Å². The Morgan fingerprint density at radius 3 is 2.64 bits per heavy atom. The summed E-state index contributed by atoms with van der Waals surface area (Å²) in [6.45, 7) is -0.203. The summed E-state index contributed by atoms with van der Waals surface area (Å²) >= 11 is 0. The van der Waals surface area contributed by atoms with Crippen molar-refractivity contribution < 1.29 is 20.1 Å². The van der Waals surface area contributed by atoms with Gasteiger partial charge in [0.2, 0.25) is 0 Å². The van der Waals surface area contributed by atoms with Gasteiger partial charge in [-0.15, -0.1) is 0 Å². The van der Waals surface area contributed by atoms with Crippen molar-refractivity contribution in [2.24, 2.45) is 5.73 Å². The molecule has 11 heavy (non-hydrogen) atoms. The Morgan fingerprint density at radius 2 is 2.09 bits per heavy atom. The van der Waals surface area contributed by atoms with Gasteiger partial charge in [0.05, 0.1) is 25.4 Å². The third-order valence-electron chi connectivity index (χ3n) is 1.88. The summed E-state index contributed by atoms with van der Waals surface area (Å²) in [4.78, 5) is 0. The van der Waals surface area contributed by atoms with Gasteiger partial charge in [0.15, 0.2) is 0 Å². The van der Waals surface area contributed by atoms with Crippen molar-refractivity contribution in [1.29, 1.82) is 0 Å². The molecule has 0 saturated carbocycles. The molecular weight excluding hydrogens is 150 g/mol. The first-order valence-corrected chi connectivity index (χ1v) is 3.51. The van der Waals surface area contributed by atoms with Gasteiger partial charge in [0, 0.05) is 0 Å². The third kappa shape index (κ3) is 1.69. The van der Waals surface area contributed by atoms with Crippen molar-refractivity contribution in [1.82, 2.24) is 0 Å². The maximum atomic E-state index is 9.24. The fourth-order valence-electron chi connectivity index (χ4n) is 1.07. The zero-order valence-electron chi connectivity index (χ0n) is 6.05. The minimum atomic E-state index is -0.983. The van der Waals surface area contributed by atoms with Crippen molar-refractivity contribution in [3.8, 4) is 0 Å². The first-order chi connectivity index (χ1) is 5.16.